The smallest absolute Gasteiger partial charge is 0.148 e. The van der Waals surface area contributed by atoms with Crippen molar-refractivity contribution in [1.29, 1.82) is 0 Å². The van der Waals surface area contributed by atoms with E-state index in [2.05, 4.69) is 20.6 Å². The zero-order valence-corrected chi connectivity index (χ0v) is 8.59. The van der Waals surface area contributed by atoms with Gasteiger partial charge in [-0.1, -0.05) is 0 Å². The fourth-order valence-corrected chi connectivity index (χ4v) is 1.36. The largest absolute Gasteiger partial charge is 0.368 e. The van der Waals surface area contributed by atoms with Gasteiger partial charge >= 0.3 is 0 Å². The van der Waals surface area contributed by atoms with E-state index in [1.54, 1.807) is 12.4 Å². The van der Waals surface area contributed by atoms with Crippen molar-refractivity contribution in [2.75, 3.05) is 11.9 Å². The number of rotatable bonds is 4. The Bertz CT molecular complexity index is 409. The molecular weight excluding hydrogens is 190 g/mol. The maximum atomic E-state index is 4.10. The number of hydrogen-bond acceptors (Lipinski definition) is 4. The molecule has 2 rings (SSSR count). The molecule has 0 saturated carbocycles. The molecule has 2 aromatic heterocycles. The molecule has 0 aromatic carbocycles. The lowest BCUT2D eigenvalue weighted by molar-refractivity contribution is 0.710. The van der Waals surface area contributed by atoms with E-state index < -0.39 is 0 Å². The first-order chi connectivity index (χ1) is 7.36. The van der Waals surface area contributed by atoms with Gasteiger partial charge in [-0.3, -0.25) is 4.68 Å². The maximum absolute atomic E-state index is 4.10. The number of hydrogen-bond donors (Lipinski definition) is 1. The molecule has 0 saturated heterocycles. The van der Waals surface area contributed by atoms with Gasteiger partial charge in [0.15, 0.2) is 0 Å². The average molecular weight is 203 g/mol. The first-order valence-corrected chi connectivity index (χ1v) is 4.85. The van der Waals surface area contributed by atoms with Gasteiger partial charge in [0.25, 0.3) is 0 Å². The molecule has 78 valence electrons. The second kappa shape index (κ2) is 4.54. The van der Waals surface area contributed by atoms with Crippen LogP contribution in [0.4, 0.5) is 5.82 Å². The van der Waals surface area contributed by atoms with Gasteiger partial charge in [-0.25, -0.2) is 0 Å². The topological polar surface area (TPSA) is 55.6 Å². The van der Waals surface area contributed by atoms with E-state index in [0.29, 0.717) is 0 Å². The minimum absolute atomic E-state index is 0.805. The summed E-state index contributed by atoms with van der Waals surface area (Å²) in [6.45, 7) is 0.832. The maximum Gasteiger partial charge on any atom is 0.148 e. The van der Waals surface area contributed by atoms with Crippen LogP contribution in [0.3, 0.4) is 0 Å². The Morgan fingerprint density at radius 2 is 2.27 bits per heavy atom. The molecule has 0 amide bonds. The van der Waals surface area contributed by atoms with E-state index >= 15 is 0 Å². The molecule has 5 nitrogen and oxygen atoms in total. The van der Waals surface area contributed by atoms with E-state index in [4.69, 9.17) is 0 Å². The van der Waals surface area contributed by atoms with Crippen LogP contribution in [0.1, 0.15) is 5.69 Å². The third-order valence-electron chi connectivity index (χ3n) is 2.18. The van der Waals surface area contributed by atoms with Crippen LogP contribution >= 0.6 is 0 Å². The van der Waals surface area contributed by atoms with Gasteiger partial charge in [-0.05, 0) is 18.2 Å². The van der Waals surface area contributed by atoms with Crippen LogP contribution in [0, 0.1) is 0 Å². The van der Waals surface area contributed by atoms with Crippen LogP contribution in [-0.2, 0) is 13.5 Å². The molecule has 5 heteroatoms. The highest BCUT2D eigenvalue weighted by molar-refractivity contribution is 5.31. The zero-order valence-electron chi connectivity index (χ0n) is 8.59. The Balaban J connectivity index is 1.83. The average Bonchev–Trinajstić information content (AvgIpc) is 2.66. The molecule has 0 radical (unpaired) electrons. The highest BCUT2D eigenvalue weighted by atomic mass is 15.3. The summed E-state index contributed by atoms with van der Waals surface area (Å²) in [6.07, 6.45) is 4.39. The van der Waals surface area contributed by atoms with Crippen molar-refractivity contribution in [2.24, 2.45) is 7.05 Å². The molecule has 15 heavy (non-hydrogen) atoms. The van der Waals surface area contributed by atoms with Crippen LogP contribution in [0.5, 0.6) is 0 Å². The van der Waals surface area contributed by atoms with Crippen LogP contribution in [0.15, 0.2) is 30.6 Å². The summed E-state index contributed by atoms with van der Waals surface area (Å²) in [5.74, 6) is 0.805. The van der Waals surface area contributed by atoms with Gasteiger partial charge in [-0.2, -0.15) is 10.2 Å². The Morgan fingerprint density at radius 3 is 2.93 bits per heavy atom. The lowest BCUT2D eigenvalue weighted by Gasteiger charge is -2.04. The molecular formula is C10H13N5. The normalized spacial score (nSPS) is 10.2. The third-order valence-corrected chi connectivity index (χ3v) is 2.18. The lowest BCUT2D eigenvalue weighted by Crippen LogP contribution is -2.09. The van der Waals surface area contributed by atoms with Gasteiger partial charge in [0.2, 0.25) is 0 Å². The molecule has 0 fully saturated rings. The van der Waals surface area contributed by atoms with Crippen molar-refractivity contribution < 1.29 is 0 Å². The fraction of sp³-hybridized carbons (Fsp3) is 0.300. The van der Waals surface area contributed by atoms with E-state index in [1.165, 1.54) is 5.69 Å². The second-order valence-electron chi connectivity index (χ2n) is 3.23. The van der Waals surface area contributed by atoms with E-state index in [9.17, 15) is 0 Å². The van der Waals surface area contributed by atoms with E-state index in [-0.39, 0.29) is 0 Å². The van der Waals surface area contributed by atoms with Crippen LogP contribution in [0.2, 0.25) is 0 Å². The Hall–Kier alpha value is -1.91. The molecule has 0 unspecified atom stereocenters. The zero-order chi connectivity index (χ0) is 10.5. The monoisotopic (exact) mass is 203 g/mol. The predicted octanol–water partition coefficient (Wildman–Crippen LogP) is 0.865. The Kier molecular flexibility index (Phi) is 2.92. The summed E-state index contributed by atoms with van der Waals surface area (Å²) in [7, 11) is 1.94. The fourth-order valence-electron chi connectivity index (χ4n) is 1.36. The minimum atomic E-state index is 0.805. The van der Waals surface area contributed by atoms with Gasteiger partial charge < -0.3 is 5.32 Å². The summed E-state index contributed by atoms with van der Waals surface area (Å²) in [6, 6.07) is 5.77. The van der Waals surface area contributed by atoms with E-state index in [0.717, 1.165) is 18.8 Å². The molecule has 0 spiro atoms. The first-order valence-electron chi connectivity index (χ1n) is 4.85. The molecule has 0 aliphatic heterocycles. The number of nitrogens with zero attached hydrogens (tertiary/aromatic N) is 4. The number of nitrogens with one attached hydrogen (secondary N) is 1. The number of anilines is 1. The van der Waals surface area contributed by atoms with Crippen molar-refractivity contribution >= 4 is 5.82 Å². The van der Waals surface area contributed by atoms with Crippen molar-refractivity contribution in [3.8, 4) is 0 Å². The van der Waals surface area contributed by atoms with Crippen molar-refractivity contribution in [3.63, 3.8) is 0 Å². The SMILES string of the molecule is Cn1nccc1CCNc1cccnn1. The van der Waals surface area contributed by atoms with Crippen molar-refractivity contribution in [3.05, 3.63) is 36.3 Å². The molecule has 0 bridgehead atoms. The molecule has 2 heterocycles. The highest BCUT2D eigenvalue weighted by Gasteiger charge is 1.98. The van der Waals surface area contributed by atoms with Crippen LogP contribution in [-0.4, -0.2) is 26.5 Å². The third kappa shape index (κ3) is 2.52. The summed E-state index contributed by atoms with van der Waals surface area (Å²) >= 11 is 0. The van der Waals surface area contributed by atoms with Gasteiger partial charge in [0.05, 0.1) is 0 Å². The quantitative estimate of drug-likeness (QED) is 0.801. The Morgan fingerprint density at radius 1 is 1.33 bits per heavy atom. The molecule has 2 aromatic rings. The predicted molar refractivity (Wildman–Crippen MR) is 57.4 cm³/mol. The summed E-state index contributed by atoms with van der Waals surface area (Å²) in [5.41, 5.74) is 1.20. The van der Waals surface area contributed by atoms with Gasteiger partial charge in [0.1, 0.15) is 5.82 Å². The molecule has 0 aliphatic carbocycles. The van der Waals surface area contributed by atoms with Crippen molar-refractivity contribution in [2.45, 2.75) is 6.42 Å². The minimum Gasteiger partial charge on any atom is -0.368 e. The Labute approximate surface area is 88.1 Å². The number of aryl methyl sites for hydroxylation is 1. The van der Waals surface area contributed by atoms with Crippen molar-refractivity contribution in [1.82, 2.24) is 20.0 Å². The summed E-state index contributed by atoms with van der Waals surface area (Å²) in [4.78, 5) is 0. The summed E-state index contributed by atoms with van der Waals surface area (Å²) in [5, 5.41) is 15.0. The number of aromatic nitrogens is 4. The summed E-state index contributed by atoms with van der Waals surface area (Å²) < 4.78 is 1.87. The van der Waals surface area contributed by atoms with E-state index in [1.807, 2.05) is 29.9 Å². The van der Waals surface area contributed by atoms with Crippen LogP contribution < -0.4 is 5.32 Å². The molecule has 0 atom stereocenters. The standard InChI is InChI=1S/C10H13N5/c1-15-9(5-8-13-15)4-7-11-10-3-2-6-12-14-10/h2-3,5-6,8H,4,7H2,1H3,(H,11,14). The highest BCUT2D eigenvalue weighted by Crippen LogP contribution is 2.00. The van der Waals surface area contributed by atoms with Gasteiger partial charge in [-0.15, -0.1) is 5.10 Å². The molecule has 0 aliphatic rings. The molecule has 1 N–H and O–H groups in total. The van der Waals surface area contributed by atoms with Gasteiger partial charge in [0, 0.05) is 38.1 Å². The lowest BCUT2D eigenvalue weighted by atomic mass is 10.3. The second-order valence-corrected chi connectivity index (χ2v) is 3.23. The first kappa shape index (κ1) is 9.64. The van der Waals surface area contributed by atoms with Crippen LogP contribution in [0.25, 0.3) is 0 Å².